The molecule has 19 heavy (non-hydrogen) atoms. The van der Waals surface area contributed by atoms with Crippen LogP contribution in [0.5, 0.6) is 0 Å². The highest BCUT2D eigenvalue weighted by molar-refractivity contribution is 6.51. The zero-order valence-corrected chi connectivity index (χ0v) is 12.8. The monoisotopic (exact) mass is 267 g/mol. The van der Waals surface area contributed by atoms with E-state index in [-0.39, 0.29) is 18.3 Å². The summed E-state index contributed by atoms with van der Waals surface area (Å²) in [5.74, 6) is 1.97. The molecule has 0 aliphatic carbocycles. The van der Waals surface area contributed by atoms with Crippen LogP contribution < -0.4 is 0 Å². The Bertz CT molecular complexity index is 313. The third-order valence-corrected chi connectivity index (χ3v) is 3.84. The Morgan fingerprint density at radius 1 is 1.16 bits per heavy atom. The third kappa shape index (κ3) is 4.75. The fraction of sp³-hybridized carbons (Fsp3) is 0.786. The lowest BCUT2D eigenvalue weighted by molar-refractivity contribution is -0.107. The fourth-order valence-electron chi connectivity index (χ4n) is 1.85. The predicted molar refractivity (Wildman–Crippen MR) is 78.0 cm³/mol. The zero-order chi connectivity index (χ0) is 14.5. The first-order valence-corrected chi connectivity index (χ1v) is 6.93. The molecule has 0 aromatic rings. The molecule has 1 rings (SSSR count). The van der Waals surface area contributed by atoms with E-state index >= 15 is 0 Å². The zero-order valence-electron chi connectivity index (χ0n) is 12.8. The van der Waals surface area contributed by atoms with Gasteiger partial charge in [0.1, 0.15) is 6.29 Å². The number of rotatable bonds is 7. The van der Waals surface area contributed by atoms with Gasteiger partial charge in [-0.25, -0.2) is 0 Å². The predicted octanol–water partition coefficient (Wildman–Crippen LogP) is 2.08. The summed E-state index contributed by atoms with van der Waals surface area (Å²) >= 11 is 0. The van der Waals surface area contributed by atoms with Crippen molar-refractivity contribution >= 4 is 13.4 Å². The van der Waals surface area contributed by atoms with Gasteiger partial charge in [-0.1, -0.05) is 12.1 Å². The van der Waals surface area contributed by atoms with Crippen molar-refractivity contribution in [2.45, 2.75) is 51.7 Å². The number of carbonyl (C=O) groups is 1. The van der Waals surface area contributed by atoms with Crippen LogP contribution in [-0.2, 0) is 14.1 Å². The van der Waals surface area contributed by atoms with Gasteiger partial charge in [-0.3, -0.25) is 0 Å². The average molecular weight is 267 g/mol. The Labute approximate surface area is 117 Å². The second kappa shape index (κ2) is 6.68. The molecule has 1 aliphatic rings. The molecule has 1 heterocycles. The molecule has 4 nitrogen and oxygen atoms in total. The van der Waals surface area contributed by atoms with Gasteiger partial charge in [-0.2, -0.15) is 0 Å². The molecule has 1 aliphatic heterocycles. The van der Waals surface area contributed by atoms with Crippen molar-refractivity contribution in [3.8, 4) is 0 Å². The van der Waals surface area contributed by atoms with Gasteiger partial charge in [0.15, 0.2) is 0 Å². The van der Waals surface area contributed by atoms with Crippen LogP contribution in [0.1, 0.15) is 40.5 Å². The van der Waals surface area contributed by atoms with Crippen LogP contribution in [0.25, 0.3) is 0 Å². The van der Waals surface area contributed by atoms with Crippen LogP contribution in [0.4, 0.5) is 0 Å². The smallest absolute Gasteiger partial charge is 0.400 e. The molecule has 0 aromatic carbocycles. The van der Waals surface area contributed by atoms with Crippen molar-refractivity contribution < 1.29 is 14.1 Å². The maximum Gasteiger partial charge on any atom is 0.486 e. The lowest BCUT2D eigenvalue weighted by atomic mass is 9.90. The number of unbranched alkanes of at least 4 members (excludes halogenated alkanes) is 1. The minimum absolute atomic E-state index is 0.270. The number of hydrogen-bond acceptors (Lipinski definition) is 4. The van der Waals surface area contributed by atoms with Gasteiger partial charge in [0.2, 0.25) is 0 Å². The Hall–Kier alpha value is -0.645. The first-order chi connectivity index (χ1) is 8.78. The summed E-state index contributed by atoms with van der Waals surface area (Å²) in [6, 6.07) is 0. The van der Waals surface area contributed by atoms with Crippen molar-refractivity contribution in [1.29, 1.82) is 0 Å². The lowest BCUT2D eigenvalue weighted by Crippen LogP contribution is -2.41. The molecule has 0 unspecified atom stereocenters. The van der Waals surface area contributed by atoms with Gasteiger partial charge in [-0.05, 0) is 47.7 Å². The van der Waals surface area contributed by atoms with Crippen LogP contribution in [0, 0.1) is 0 Å². The van der Waals surface area contributed by atoms with Crippen LogP contribution in [0.2, 0.25) is 0 Å². The third-order valence-electron chi connectivity index (χ3n) is 3.84. The molecular formula is C14H26BNO3. The molecule has 0 atom stereocenters. The van der Waals surface area contributed by atoms with Crippen molar-refractivity contribution in [1.82, 2.24) is 4.90 Å². The minimum Gasteiger partial charge on any atom is -0.400 e. The molecule has 0 radical (unpaired) electrons. The Morgan fingerprint density at radius 2 is 1.74 bits per heavy atom. The number of aldehydes is 1. The normalized spacial score (nSPS) is 21.5. The molecule has 0 saturated carbocycles. The van der Waals surface area contributed by atoms with Crippen LogP contribution >= 0.6 is 0 Å². The van der Waals surface area contributed by atoms with Crippen molar-refractivity contribution in [3.63, 3.8) is 0 Å². The second-order valence-electron chi connectivity index (χ2n) is 6.12. The second-order valence-corrected chi connectivity index (χ2v) is 6.12. The van der Waals surface area contributed by atoms with E-state index in [1.807, 2.05) is 40.7 Å². The van der Waals surface area contributed by atoms with Gasteiger partial charge in [-0.15, -0.1) is 0 Å². The van der Waals surface area contributed by atoms with Gasteiger partial charge < -0.3 is 19.0 Å². The summed E-state index contributed by atoms with van der Waals surface area (Å²) in [4.78, 5) is 12.4. The van der Waals surface area contributed by atoms with E-state index in [2.05, 4.69) is 11.0 Å². The summed E-state index contributed by atoms with van der Waals surface area (Å²) in [6.07, 6.45) is 4.56. The molecule has 0 amide bonds. The van der Waals surface area contributed by atoms with Crippen LogP contribution in [0.3, 0.4) is 0 Å². The topological polar surface area (TPSA) is 38.8 Å². The molecule has 0 aromatic heterocycles. The van der Waals surface area contributed by atoms with Gasteiger partial charge >= 0.3 is 7.12 Å². The van der Waals surface area contributed by atoms with Crippen molar-refractivity contribution in [2.24, 2.45) is 0 Å². The molecule has 1 fully saturated rings. The average Bonchev–Trinajstić information content (AvgIpc) is 2.47. The molecule has 1 saturated heterocycles. The molecule has 0 spiro atoms. The van der Waals surface area contributed by atoms with E-state index in [0.717, 1.165) is 25.8 Å². The van der Waals surface area contributed by atoms with E-state index in [1.54, 1.807) is 0 Å². The number of likely N-dealkylation sites (N-methyl/N-ethyl adjacent to an activating group) is 1. The van der Waals surface area contributed by atoms with Crippen molar-refractivity contribution in [2.75, 3.05) is 20.1 Å². The molecule has 5 heteroatoms. The highest BCUT2D eigenvalue weighted by Gasteiger charge is 2.49. The fourth-order valence-corrected chi connectivity index (χ4v) is 1.85. The summed E-state index contributed by atoms with van der Waals surface area (Å²) in [7, 11) is 1.77. The van der Waals surface area contributed by atoms with Gasteiger partial charge in [0, 0.05) is 13.0 Å². The number of nitrogens with zero attached hydrogens (tertiary/aromatic N) is 1. The standard InChI is InChI=1S/C14H26BNO3/c1-13(2)14(3,4)19-15(18-13)9-8-11-16(5)10-6-7-12-17/h8-9,12H,6-7,10-11H2,1-5H3/b9-8+. The van der Waals surface area contributed by atoms with E-state index in [0.29, 0.717) is 6.42 Å². The highest BCUT2D eigenvalue weighted by atomic mass is 16.7. The maximum atomic E-state index is 10.2. The highest BCUT2D eigenvalue weighted by Crippen LogP contribution is 2.36. The summed E-state index contributed by atoms with van der Waals surface area (Å²) in [5, 5.41) is 0. The molecule has 0 bridgehead atoms. The molecule has 108 valence electrons. The Morgan fingerprint density at radius 3 is 2.26 bits per heavy atom. The Balaban J connectivity index is 2.33. The van der Waals surface area contributed by atoms with Gasteiger partial charge in [0.05, 0.1) is 11.2 Å². The van der Waals surface area contributed by atoms with E-state index < -0.39 is 0 Å². The van der Waals surface area contributed by atoms with Crippen molar-refractivity contribution in [3.05, 3.63) is 12.1 Å². The van der Waals surface area contributed by atoms with E-state index in [4.69, 9.17) is 9.31 Å². The first-order valence-electron chi connectivity index (χ1n) is 6.93. The SMILES string of the molecule is CN(C/C=C/B1OC(C)(C)C(C)(C)O1)CCCC=O. The largest absolute Gasteiger partial charge is 0.486 e. The minimum atomic E-state index is -0.280. The van der Waals surface area contributed by atoms with E-state index in [1.165, 1.54) is 0 Å². The summed E-state index contributed by atoms with van der Waals surface area (Å²) in [5.41, 5.74) is -0.560. The van der Waals surface area contributed by atoms with Crippen LogP contribution in [-0.4, -0.2) is 49.6 Å². The van der Waals surface area contributed by atoms with Gasteiger partial charge in [0.25, 0.3) is 0 Å². The van der Waals surface area contributed by atoms with E-state index in [9.17, 15) is 4.79 Å². The lowest BCUT2D eigenvalue weighted by Gasteiger charge is -2.32. The maximum absolute atomic E-state index is 10.2. The first kappa shape index (κ1) is 16.4. The number of carbonyl (C=O) groups excluding carboxylic acids is 1. The summed E-state index contributed by atoms with van der Waals surface area (Å²) in [6.45, 7) is 9.95. The van der Waals surface area contributed by atoms with Crippen LogP contribution in [0.15, 0.2) is 12.1 Å². The Kier molecular flexibility index (Phi) is 5.77. The molecule has 0 N–H and O–H groups in total. The molecular weight excluding hydrogens is 241 g/mol. The summed E-state index contributed by atoms with van der Waals surface area (Å²) < 4.78 is 11.7. The quantitative estimate of drug-likeness (QED) is 0.402. The number of hydrogen-bond donors (Lipinski definition) is 0.